The third kappa shape index (κ3) is 4.69. The summed E-state index contributed by atoms with van der Waals surface area (Å²) in [6, 6.07) is 11.5. The maximum absolute atomic E-state index is 12.9. The van der Waals surface area contributed by atoms with Crippen LogP contribution in [-0.4, -0.2) is 14.8 Å². The predicted molar refractivity (Wildman–Crippen MR) is 102 cm³/mol. The van der Waals surface area contributed by atoms with E-state index in [2.05, 4.69) is 10.2 Å². The normalized spacial score (nSPS) is 10.9. The van der Waals surface area contributed by atoms with Gasteiger partial charge in [0.25, 0.3) is 0 Å². The highest BCUT2D eigenvalue weighted by Crippen LogP contribution is 2.27. The molecule has 26 heavy (non-hydrogen) atoms. The maximum Gasteiger partial charge on any atom is 0.191 e. The van der Waals surface area contributed by atoms with Crippen LogP contribution in [-0.2, 0) is 18.9 Å². The molecule has 0 fully saturated rings. The van der Waals surface area contributed by atoms with Crippen molar-refractivity contribution in [3.8, 4) is 5.75 Å². The Kier molecular flexibility index (Phi) is 6.40. The van der Waals surface area contributed by atoms with Gasteiger partial charge in [-0.2, -0.15) is 0 Å². The summed E-state index contributed by atoms with van der Waals surface area (Å²) in [5, 5.41) is 10.3. The van der Waals surface area contributed by atoms with Crippen LogP contribution in [0, 0.1) is 5.82 Å². The number of rotatable bonds is 7. The Morgan fingerprint density at radius 2 is 1.85 bits per heavy atom. The molecule has 0 unspecified atom stereocenters. The van der Waals surface area contributed by atoms with Gasteiger partial charge in [0, 0.05) is 12.3 Å². The van der Waals surface area contributed by atoms with E-state index < -0.39 is 0 Å². The number of hydrogen-bond donors (Lipinski definition) is 0. The van der Waals surface area contributed by atoms with E-state index in [4.69, 9.17) is 27.9 Å². The summed E-state index contributed by atoms with van der Waals surface area (Å²) in [5.74, 6) is 1.71. The van der Waals surface area contributed by atoms with Crippen molar-refractivity contribution < 1.29 is 9.13 Å². The van der Waals surface area contributed by atoms with Crippen molar-refractivity contribution in [2.75, 3.05) is 0 Å². The summed E-state index contributed by atoms with van der Waals surface area (Å²) in [6.07, 6.45) is 0. The predicted octanol–water partition coefficient (Wildman–Crippen LogP) is 5.62. The topological polar surface area (TPSA) is 39.9 Å². The summed E-state index contributed by atoms with van der Waals surface area (Å²) < 4.78 is 20.6. The molecule has 0 aliphatic carbocycles. The lowest BCUT2D eigenvalue weighted by atomic mass is 10.2. The van der Waals surface area contributed by atoms with Gasteiger partial charge in [0.15, 0.2) is 11.0 Å². The summed E-state index contributed by atoms with van der Waals surface area (Å²) >= 11 is 13.6. The van der Waals surface area contributed by atoms with Crippen LogP contribution in [0.15, 0.2) is 47.6 Å². The largest absolute Gasteiger partial charge is 0.486 e. The minimum Gasteiger partial charge on any atom is -0.486 e. The van der Waals surface area contributed by atoms with E-state index in [1.54, 1.807) is 30.0 Å². The molecule has 1 heterocycles. The van der Waals surface area contributed by atoms with E-state index in [0.29, 0.717) is 27.4 Å². The Balaban J connectivity index is 1.65. The van der Waals surface area contributed by atoms with E-state index in [-0.39, 0.29) is 12.4 Å². The van der Waals surface area contributed by atoms with Gasteiger partial charge in [0.2, 0.25) is 0 Å². The molecule has 4 nitrogen and oxygen atoms in total. The molecule has 0 saturated heterocycles. The van der Waals surface area contributed by atoms with Crippen LogP contribution in [0.4, 0.5) is 4.39 Å². The molecule has 3 aromatic rings. The number of thioether (sulfide) groups is 1. The lowest BCUT2D eigenvalue weighted by molar-refractivity contribution is 0.288. The molecule has 0 spiro atoms. The Bertz CT molecular complexity index is 887. The van der Waals surface area contributed by atoms with E-state index in [1.807, 2.05) is 23.6 Å². The Labute approximate surface area is 165 Å². The van der Waals surface area contributed by atoms with Gasteiger partial charge < -0.3 is 9.30 Å². The molecule has 0 aliphatic heterocycles. The number of halogens is 3. The first-order chi connectivity index (χ1) is 12.6. The quantitative estimate of drug-likeness (QED) is 0.473. The molecular weight excluding hydrogens is 396 g/mol. The highest BCUT2D eigenvalue weighted by atomic mass is 35.5. The van der Waals surface area contributed by atoms with Crippen LogP contribution < -0.4 is 4.74 Å². The Hall–Kier alpha value is -1.76. The van der Waals surface area contributed by atoms with Gasteiger partial charge in [0.05, 0.1) is 10.0 Å². The van der Waals surface area contributed by atoms with Crippen LogP contribution in [0.3, 0.4) is 0 Å². The van der Waals surface area contributed by atoms with Gasteiger partial charge >= 0.3 is 0 Å². The number of hydrogen-bond acceptors (Lipinski definition) is 4. The summed E-state index contributed by atoms with van der Waals surface area (Å²) in [4.78, 5) is 0. The highest BCUT2D eigenvalue weighted by molar-refractivity contribution is 7.98. The van der Waals surface area contributed by atoms with Crippen LogP contribution in [0.5, 0.6) is 5.75 Å². The zero-order chi connectivity index (χ0) is 18.5. The molecule has 0 radical (unpaired) electrons. The Morgan fingerprint density at radius 1 is 1.08 bits per heavy atom. The van der Waals surface area contributed by atoms with E-state index >= 15 is 0 Å². The number of aromatic nitrogens is 3. The van der Waals surface area contributed by atoms with Gasteiger partial charge in [0.1, 0.15) is 18.2 Å². The van der Waals surface area contributed by atoms with Crippen molar-refractivity contribution in [3.63, 3.8) is 0 Å². The van der Waals surface area contributed by atoms with Crippen LogP contribution in [0.2, 0.25) is 10.0 Å². The molecule has 136 valence electrons. The molecule has 0 atom stereocenters. The lowest BCUT2D eigenvalue weighted by Gasteiger charge is -2.09. The lowest BCUT2D eigenvalue weighted by Crippen LogP contribution is -2.07. The molecule has 0 saturated carbocycles. The van der Waals surface area contributed by atoms with Crippen LogP contribution in [0.25, 0.3) is 0 Å². The zero-order valence-electron chi connectivity index (χ0n) is 14.0. The Morgan fingerprint density at radius 3 is 2.54 bits per heavy atom. The maximum atomic E-state index is 12.9. The van der Waals surface area contributed by atoms with Crippen LogP contribution >= 0.6 is 35.0 Å². The molecule has 0 aliphatic rings. The molecule has 0 N–H and O–H groups in total. The highest BCUT2D eigenvalue weighted by Gasteiger charge is 2.12. The zero-order valence-corrected chi connectivity index (χ0v) is 16.3. The minimum absolute atomic E-state index is 0.264. The first-order valence-corrected chi connectivity index (χ1v) is 9.68. The number of ether oxygens (including phenoxy) is 1. The van der Waals surface area contributed by atoms with Crippen LogP contribution in [0.1, 0.15) is 18.3 Å². The second kappa shape index (κ2) is 8.75. The molecule has 0 amide bonds. The molecule has 1 aromatic heterocycles. The molecule has 8 heteroatoms. The fraction of sp³-hybridized carbons (Fsp3) is 0.222. The van der Waals surface area contributed by atoms with E-state index in [9.17, 15) is 4.39 Å². The minimum atomic E-state index is -0.296. The van der Waals surface area contributed by atoms with Crippen molar-refractivity contribution >= 4 is 35.0 Å². The second-order valence-electron chi connectivity index (χ2n) is 5.42. The summed E-state index contributed by atoms with van der Waals surface area (Å²) in [6.45, 7) is 3.01. The molecule has 3 rings (SSSR count). The first-order valence-electron chi connectivity index (χ1n) is 7.94. The average Bonchev–Trinajstić information content (AvgIpc) is 3.04. The van der Waals surface area contributed by atoms with Gasteiger partial charge in [-0.15, -0.1) is 10.2 Å². The fourth-order valence-corrected chi connectivity index (χ4v) is 3.59. The van der Waals surface area contributed by atoms with Gasteiger partial charge in [-0.1, -0.05) is 41.0 Å². The summed E-state index contributed by atoms with van der Waals surface area (Å²) in [5.41, 5.74) is 1.05. The monoisotopic (exact) mass is 411 g/mol. The SMILES string of the molecule is CCn1c(COc2ccc(F)cc2)nnc1SCc1ccc(Cl)c(Cl)c1. The average molecular weight is 412 g/mol. The fourth-order valence-electron chi connectivity index (χ4n) is 2.31. The third-order valence-corrected chi connectivity index (χ3v) is 5.42. The van der Waals surface area contributed by atoms with Crippen molar-refractivity contribution in [3.05, 3.63) is 69.7 Å². The van der Waals surface area contributed by atoms with Crippen molar-refractivity contribution in [1.82, 2.24) is 14.8 Å². The summed E-state index contributed by atoms with van der Waals surface area (Å²) in [7, 11) is 0. The van der Waals surface area contributed by atoms with E-state index in [1.165, 1.54) is 12.1 Å². The molecule has 2 aromatic carbocycles. The number of nitrogens with zero attached hydrogens (tertiary/aromatic N) is 3. The van der Waals surface area contributed by atoms with Crippen molar-refractivity contribution in [2.45, 2.75) is 31.0 Å². The number of benzene rings is 2. The van der Waals surface area contributed by atoms with E-state index in [0.717, 1.165) is 17.3 Å². The standard InChI is InChI=1S/C18H16Cl2FN3OS/c1-2-24-17(10-25-14-6-4-13(21)5-7-14)22-23-18(24)26-11-12-3-8-15(19)16(20)9-12/h3-9H,2,10-11H2,1H3. The first kappa shape index (κ1) is 19.0. The third-order valence-electron chi connectivity index (χ3n) is 3.64. The van der Waals surface area contributed by atoms with Crippen molar-refractivity contribution in [1.29, 1.82) is 0 Å². The van der Waals surface area contributed by atoms with Crippen molar-refractivity contribution in [2.24, 2.45) is 0 Å². The molecule has 0 bridgehead atoms. The second-order valence-corrected chi connectivity index (χ2v) is 7.18. The van der Waals surface area contributed by atoms with Gasteiger partial charge in [-0.25, -0.2) is 4.39 Å². The van der Waals surface area contributed by atoms with Gasteiger partial charge in [-0.3, -0.25) is 0 Å². The smallest absolute Gasteiger partial charge is 0.191 e. The van der Waals surface area contributed by atoms with Gasteiger partial charge in [-0.05, 0) is 48.9 Å². The molecular formula is C18H16Cl2FN3OS.